The number of carbonyl (C=O) groups excluding carboxylic acids is 1. The van der Waals surface area contributed by atoms with Gasteiger partial charge in [-0.15, -0.1) is 11.3 Å². The Bertz CT molecular complexity index is 906. The average molecular weight is 346 g/mol. The van der Waals surface area contributed by atoms with E-state index in [0.29, 0.717) is 5.82 Å². The maximum atomic E-state index is 12.9. The molecular formula is C16H12F2N4OS. The maximum absolute atomic E-state index is 12.9. The molecule has 0 unspecified atom stereocenters. The fraction of sp³-hybridized carbons (Fsp3) is 0.250. The quantitative estimate of drug-likeness (QED) is 0.784. The first-order chi connectivity index (χ1) is 11.5. The summed E-state index contributed by atoms with van der Waals surface area (Å²) in [5.74, 6) is -3.43. The molecule has 1 saturated carbocycles. The summed E-state index contributed by atoms with van der Waals surface area (Å²) >= 11 is 1.48. The summed E-state index contributed by atoms with van der Waals surface area (Å²) in [5, 5.41) is 4.30. The third-order valence-corrected chi connectivity index (χ3v) is 4.80. The van der Waals surface area contributed by atoms with E-state index >= 15 is 0 Å². The Labute approximate surface area is 139 Å². The zero-order valence-corrected chi connectivity index (χ0v) is 13.2. The second-order valence-electron chi connectivity index (χ2n) is 5.80. The number of alkyl halides is 2. The van der Waals surface area contributed by atoms with E-state index in [2.05, 4.69) is 20.3 Å². The zero-order valence-electron chi connectivity index (χ0n) is 12.4. The normalized spacial score (nSPS) is 16.8. The molecule has 0 spiro atoms. The lowest BCUT2D eigenvalue weighted by atomic mass is 9.81. The second-order valence-corrected chi connectivity index (χ2v) is 6.69. The first-order valence-corrected chi connectivity index (χ1v) is 8.21. The molecule has 5 nitrogen and oxygen atoms in total. The topological polar surface area (TPSA) is 67.8 Å². The summed E-state index contributed by atoms with van der Waals surface area (Å²) in [4.78, 5) is 25.5. The van der Waals surface area contributed by atoms with Crippen molar-refractivity contribution in [3.8, 4) is 10.6 Å². The zero-order chi connectivity index (χ0) is 16.7. The number of anilines is 1. The molecule has 3 heterocycles. The van der Waals surface area contributed by atoms with Crippen molar-refractivity contribution in [2.24, 2.45) is 5.92 Å². The van der Waals surface area contributed by atoms with Crippen LogP contribution in [0, 0.1) is 5.92 Å². The van der Waals surface area contributed by atoms with Crippen LogP contribution in [0.5, 0.6) is 0 Å². The third-order valence-electron chi connectivity index (χ3n) is 4.00. The highest BCUT2D eigenvalue weighted by Crippen LogP contribution is 2.42. The van der Waals surface area contributed by atoms with E-state index in [1.165, 1.54) is 11.3 Å². The molecule has 1 amide bonds. The van der Waals surface area contributed by atoms with Gasteiger partial charge in [0.25, 0.3) is 0 Å². The van der Waals surface area contributed by atoms with Gasteiger partial charge in [-0.2, -0.15) is 0 Å². The highest BCUT2D eigenvalue weighted by molar-refractivity contribution is 7.13. The molecule has 0 aromatic carbocycles. The lowest BCUT2D eigenvalue weighted by Gasteiger charge is -2.33. The minimum absolute atomic E-state index is 0.351. The Morgan fingerprint density at radius 3 is 2.67 bits per heavy atom. The molecule has 1 aliphatic carbocycles. The summed E-state index contributed by atoms with van der Waals surface area (Å²) in [7, 11) is 0. The molecule has 1 aliphatic rings. The van der Waals surface area contributed by atoms with E-state index in [1.807, 2.05) is 6.07 Å². The Hall–Kier alpha value is -2.48. The molecule has 122 valence electrons. The van der Waals surface area contributed by atoms with Crippen molar-refractivity contribution < 1.29 is 13.6 Å². The Morgan fingerprint density at radius 1 is 1.17 bits per heavy atom. The minimum atomic E-state index is -2.71. The largest absolute Gasteiger partial charge is 0.310 e. The highest BCUT2D eigenvalue weighted by Gasteiger charge is 2.48. The number of thiazole rings is 1. The van der Waals surface area contributed by atoms with Gasteiger partial charge in [-0.1, -0.05) is 0 Å². The first kappa shape index (κ1) is 15.1. The fourth-order valence-corrected chi connectivity index (χ4v) is 3.25. The van der Waals surface area contributed by atoms with Gasteiger partial charge in [0, 0.05) is 42.7 Å². The molecule has 0 aliphatic heterocycles. The summed E-state index contributed by atoms with van der Waals surface area (Å²) in [5.41, 5.74) is 2.51. The van der Waals surface area contributed by atoms with E-state index in [4.69, 9.17) is 0 Å². The van der Waals surface area contributed by atoms with Crippen molar-refractivity contribution in [3.63, 3.8) is 0 Å². The van der Waals surface area contributed by atoms with Crippen LogP contribution in [0.15, 0.2) is 36.2 Å². The molecule has 4 rings (SSSR count). The van der Waals surface area contributed by atoms with E-state index < -0.39 is 30.6 Å². The van der Waals surface area contributed by atoms with Gasteiger partial charge >= 0.3 is 0 Å². The van der Waals surface area contributed by atoms with Gasteiger partial charge in [-0.3, -0.25) is 14.8 Å². The number of rotatable bonds is 3. The molecule has 24 heavy (non-hydrogen) atoms. The van der Waals surface area contributed by atoms with Gasteiger partial charge in [0.15, 0.2) is 0 Å². The van der Waals surface area contributed by atoms with Crippen LogP contribution in [0.3, 0.4) is 0 Å². The van der Waals surface area contributed by atoms with Crippen LogP contribution in [-0.2, 0) is 4.79 Å². The number of aromatic nitrogens is 3. The molecule has 0 atom stereocenters. The van der Waals surface area contributed by atoms with Gasteiger partial charge in [-0.05, 0) is 17.5 Å². The van der Waals surface area contributed by atoms with Gasteiger partial charge in [-0.25, -0.2) is 13.8 Å². The van der Waals surface area contributed by atoms with E-state index in [1.54, 1.807) is 30.2 Å². The third kappa shape index (κ3) is 2.84. The smallest absolute Gasteiger partial charge is 0.249 e. The fourth-order valence-electron chi connectivity index (χ4n) is 2.66. The molecule has 1 N–H and O–H groups in total. The van der Waals surface area contributed by atoms with Gasteiger partial charge < -0.3 is 5.32 Å². The number of carbonyl (C=O) groups is 1. The number of nitrogens with one attached hydrogen (secondary N) is 1. The Morgan fingerprint density at radius 2 is 1.96 bits per heavy atom. The predicted octanol–water partition coefficient (Wildman–Crippen LogP) is 3.74. The van der Waals surface area contributed by atoms with E-state index in [0.717, 1.165) is 21.3 Å². The van der Waals surface area contributed by atoms with E-state index in [9.17, 15) is 13.6 Å². The molecule has 0 radical (unpaired) electrons. The summed E-state index contributed by atoms with van der Waals surface area (Å²) in [6.07, 6.45) is 4.25. The summed E-state index contributed by atoms with van der Waals surface area (Å²) < 4.78 is 25.7. The summed E-state index contributed by atoms with van der Waals surface area (Å²) in [6, 6.07) is 3.61. The molecular weight excluding hydrogens is 334 g/mol. The van der Waals surface area contributed by atoms with Gasteiger partial charge in [0.2, 0.25) is 11.8 Å². The van der Waals surface area contributed by atoms with Crippen molar-refractivity contribution in [1.82, 2.24) is 15.0 Å². The monoisotopic (exact) mass is 346 g/mol. The lowest BCUT2D eigenvalue weighted by Crippen LogP contribution is -2.42. The number of pyridine rings is 2. The van der Waals surface area contributed by atoms with Crippen molar-refractivity contribution in [2.45, 2.75) is 18.8 Å². The summed E-state index contributed by atoms with van der Waals surface area (Å²) in [6.45, 7) is 0. The van der Waals surface area contributed by atoms with Crippen LogP contribution in [0.2, 0.25) is 0 Å². The standard InChI is InChI=1S/C16H12F2N4OS/c17-16(18)3-10(4-16)15(23)22-14-2-9-1-12(13-7-19-8-24-13)20-5-11(9)6-21-14/h1-2,5-8,10H,3-4H2,(H,21,22,23). The number of nitrogens with zero attached hydrogens (tertiary/aromatic N) is 3. The van der Waals surface area contributed by atoms with Crippen LogP contribution in [0.4, 0.5) is 14.6 Å². The van der Waals surface area contributed by atoms with Crippen LogP contribution in [0.25, 0.3) is 21.3 Å². The average Bonchev–Trinajstić information content (AvgIpc) is 3.06. The molecule has 0 bridgehead atoms. The highest BCUT2D eigenvalue weighted by atomic mass is 32.1. The van der Waals surface area contributed by atoms with Crippen molar-refractivity contribution >= 4 is 33.8 Å². The molecule has 3 aromatic rings. The number of amides is 1. The molecule has 3 aromatic heterocycles. The lowest BCUT2D eigenvalue weighted by molar-refractivity contribution is -0.145. The number of hydrogen-bond donors (Lipinski definition) is 1. The van der Waals surface area contributed by atoms with Crippen LogP contribution in [-0.4, -0.2) is 26.8 Å². The number of halogens is 2. The van der Waals surface area contributed by atoms with Crippen LogP contribution < -0.4 is 5.32 Å². The molecule has 8 heteroatoms. The van der Waals surface area contributed by atoms with Crippen molar-refractivity contribution in [1.29, 1.82) is 0 Å². The van der Waals surface area contributed by atoms with Crippen LogP contribution in [0.1, 0.15) is 12.8 Å². The first-order valence-electron chi connectivity index (χ1n) is 7.33. The second kappa shape index (κ2) is 5.55. The van der Waals surface area contributed by atoms with Gasteiger partial charge in [0.1, 0.15) is 5.82 Å². The maximum Gasteiger partial charge on any atom is 0.249 e. The Balaban J connectivity index is 1.57. The number of hydrogen-bond acceptors (Lipinski definition) is 5. The van der Waals surface area contributed by atoms with Gasteiger partial charge in [0.05, 0.1) is 16.1 Å². The predicted molar refractivity (Wildman–Crippen MR) is 86.9 cm³/mol. The van der Waals surface area contributed by atoms with Crippen molar-refractivity contribution in [3.05, 3.63) is 36.2 Å². The molecule has 0 saturated heterocycles. The number of fused-ring (bicyclic) bond motifs is 1. The molecule has 1 fully saturated rings. The SMILES string of the molecule is O=C(Nc1cc2cc(-c3cncs3)ncc2cn1)C1CC(F)(F)C1. The minimum Gasteiger partial charge on any atom is -0.310 e. The van der Waals surface area contributed by atoms with Crippen molar-refractivity contribution in [2.75, 3.05) is 5.32 Å². The Kier molecular flexibility index (Phi) is 3.49. The van der Waals surface area contributed by atoms with E-state index in [-0.39, 0.29) is 0 Å². The van der Waals surface area contributed by atoms with Crippen LogP contribution >= 0.6 is 11.3 Å².